The maximum atomic E-state index is 12.6. The molecule has 8 nitrogen and oxygen atoms in total. The molecule has 1 amide bonds. The van der Waals surface area contributed by atoms with E-state index < -0.39 is 0 Å². The molecule has 0 saturated carbocycles. The largest absolute Gasteiger partial charge is 0.339 e. The number of hydrogen-bond acceptors (Lipinski definition) is 6. The summed E-state index contributed by atoms with van der Waals surface area (Å²) in [5.41, 5.74) is 1.87. The summed E-state index contributed by atoms with van der Waals surface area (Å²) in [7, 11) is 1.86. The second-order valence-electron chi connectivity index (χ2n) is 7.44. The first-order chi connectivity index (χ1) is 14.7. The molecule has 0 radical (unpaired) electrons. The second kappa shape index (κ2) is 9.30. The van der Waals surface area contributed by atoms with Crippen molar-refractivity contribution < 1.29 is 4.79 Å². The molecular weight excluding hydrogens is 378 g/mol. The van der Waals surface area contributed by atoms with Gasteiger partial charge in [-0.2, -0.15) is 5.10 Å². The van der Waals surface area contributed by atoms with Crippen LogP contribution in [0.2, 0.25) is 0 Å². The number of hydrogen-bond donors (Lipinski definition) is 1. The number of carbonyl (C=O) groups is 1. The zero-order valence-corrected chi connectivity index (χ0v) is 17.0. The number of anilines is 2. The van der Waals surface area contributed by atoms with E-state index in [4.69, 9.17) is 0 Å². The highest BCUT2D eigenvalue weighted by molar-refractivity contribution is 5.91. The molecule has 3 aromatic heterocycles. The Labute approximate surface area is 175 Å². The molecule has 154 valence electrons. The Morgan fingerprint density at radius 1 is 1.20 bits per heavy atom. The summed E-state index contributed by atoms with van der Waals surface area (Å²) in [4.78, 5) is 27.5. The molecule has 1 atom stereocenters. The van der Waals surface area contributed by atoms with Gasteiger partial charge >= 0.3 is 0 Å². The van der Waals surface area contributed by atoms with Crippen LogP contribution in [-0.4, -0.2) is 48.6 Å². The van der Waals surface area contributed by atoms with E-state index in [1.54, 1.807) is 29.5 Å². The normalized spacial score (nSPS) is 16.7. The number of likely N-dealkylation sites (tertiary alicyclic amines) is 1. The van der Waals surface area contributed by atoms with E-state index in [0.29, 0.717) is 5.92 Å². The highest BCUT2D eigenvalue weighted by Crippen LogP contribution is 2.22. The molecule has 4 heterocycles. The van der Waals surface area contributed by atoms with Gasteiger partial charge in [0.05, 0.1) is 5.69 Å². The maximum absolute atomic E-state index is 12.6. The minimum atomic E-state index is 0.0427. The Morgan fingerprint density at radius 3 is 2.93 bits per heavy atom. The highest BCUT2D eigenvalue weighted by Gasteiger charge is 2.23. The van der Waals surface area contributed by atoms with Crippen LogP contribution < -0.4 is 5.32 Å². The first kappa shape index (κ1) is 19.8. The van der Waals surface area contributed by atoms with Gasteiger partial charge in [-0.1, -0.05) is 6.07 Å². The highest BCUT2D eigenvalue weighted by atomic mass is 16.2. The molecule has 0 aromatic carbocycles. The molecule has 1 aliphatic rings. The van der Waals surface area contributed by atoms with Crippen molar-refractivity contribution in [2.24, 2.45) is 13.0 Å². The average Bonchev–Trinajstić information content (AvgIpc) is 3.18. The Kier molecular flexibility index (Phi) is 6.12. The summed E-state index contributed by atoms with van der Waals surface area (Å²) in [6.07, 6.45) is 11.4. The molecule has 1 N–H and O–H groups in total. The van der Waals surface area contributed by atoms with Gasteiger partial charge < -0.3 is 10.2 Å². The maximum Gasteiger partial charge on any atom is 0.246 e. The van der Waals surface area contributed by atoms with Crippen LogP contribution in [0.4, 0.5) is 11.6 Å². The molecule has 1 aliphatic heterocycles. The Balaban J connectivity index is 1.36. The third-order valence-corrected chi connectivity index (χ3v) is 5.23. The lowest BCUT2D eigenvalue weighted by Gasteiger charge is -2.32. The Bertz CT molecular complexity index is 1020. The van der Waals surface area contributed by atoms with Crippen LogP contribution in [-0.2, 0) is 18.3 Å². The molecule has 0 spiro atoms. The van der Waals surface area contributed by atoms with Crippen LogP contribution >= 0.6 is 0 Å². The van der Waals surface area contributed by atoms with E-state index in [-0.39, 0.29) is 5.91 Å². The van der Waals surface area contributed by atoms with Crippen molar-refractivity contribution in [2.45, 2.75) is 19.3 Å². The number of carbonyl (C=O) groups excluding carboxylic acids is 1. The van der Waals surface area contributed by atoms with Gasteiger partial charge in [-0.05, 0) is 49.5 Å². The molecule has 4 rings (SSSR count). The van der Waals surface area contributed by atoms with Gasteiger partial charge in [0.1, 0.15) is 18.0 Å². The quantitative estimate of drug-likeness (QED) is 0.637. The average molecular weight is 403 g/mol. The molecule has 30 heavy (non-hydrogen) atoms. The molecule has 0 unspecified atom stereocenters. The summed E-state index contributed by atoms with van der Waals surface area (Å²) in [6.45, 7) is 1.53. The van der Waals surface area contributed by atoms with Crippen LogP contribution in [0.3, 0.4) is 0 Å². The zero-order valence-electron chi connectivity index (χ0n) is 17.0. The van der Waals surface area contributed by atoms with Gasteiger partial charge in [-0.25, -0.2) is 15.0 Å². The van der Waals surface area contributed by atoms with E-state index in [0.717, 1.165) is 55.4 Å². The van der Waals surface area contributed by atoms with Gasteiger partial charge in [0.15, 0.2) is 0 Å². The molecule has 3 aromatic rings. The number of pyridine rings is 1. The summed E-state index contributed by atoms with van der Waals surface area (Å²) in [5, 5.41) is 7.32. The van der Waals surface area contributed by atoms with E-state index in [1.165, 1.54) is 0 Å². The number of piperidine rings is 1. The lowest BCUT2D eigenvalue weighted by molar-refractivity contribution is -0.127. The number of nitrogens with zero attached hydrogens (tertiary/aromatic N) is 6. The van der Waals surface area contributed by atoms with Gasteiger partial charge in [0.25, 0.3) is 0 Å². The van der Waals surface area contributed by atoms with Gasteiger partial charge in [0.2, 0.25) is 5.91 Å². The summed E-state index contributed by atoms with van der Waals surface area (Å²) in [6, 6.07) is 9.53. The van der Waals surface area contributed by atoms with E-state index >= 15 is 0 Å². The topological polar surface area (TPSA) is 88.8 Å². The van der Waals surface area contributed by atoms with Crippen molar-refractivity contribution >= 4 is 23.6 Å². The van der Waals surface area contributed by atoms with Crippen molar-refractivity contribution in [3.8, 4) is 0 Å². The van der Waals surface area contributed by atoms with Gasteiger partial charge in [0, 0.05) is 50.4 Å². The fourth-order valence-electron chi connectivity index (χ4n) is 3.68. The monoisotopic (exact) mass is 403 g/mol. The third kappa shape index (κ3) is 5.08. The second-order valence-corrected chi connectivity index (χ2v) is 7.44. The Morgan fingerprint density at radius 2 is 2.13 bits per heavy atom. The van der Waals surface area contributed by atoms with E-state index in [1.807, 2.05) is 48.4 Å². The third-order valence-electron chi connectivity index (χ3n) is 5.23. The number of aromatic nitrogens is 5. The van der Waals surface area contributed by atoms with Crippen molar-refractivity contribution in [1.29, 1.82) is 0 Å². The molecule has 1 saturated heterocycles. The van der Waals surface area contributed by atoms with E-state index in [9.17, 15) is 4.79 Å². The number of aryl methyl sites for hydroxylation is 1. The lowest BCUT2D eigenvalue weighted by atomic mass is 9.93. The predicted molar refractivity (Wildman–Crippen MR) is 115 cm³/mol. The predicted octanol–water partition coefficient (Wildman–Crippen LogP) is 2.84. The van der Waals surface area contributed by atoms with Crippen LogP contribution in [0.25, 0.3) is 6.08 Å². The first-order valence-corrected chi connectivity index (χ1v) is 10.1. The van der Waals surface area contributed by atoms with Gasteiger partial charge in [-0.15, -0.1) is 0 Å². The minimum absolute atomic E-state index is 0.0427. The molecular formula is C22H25N7O. The van der Waals surface area contributed by atoms with Crippen molar-refractivity contribution in [3.05, 3.63) is 66.5 Å². The van der Waals surface area contributed by atoms with Gasteiger partial charge in [-0.3, -0.25) is 9.48 Å². The SMILES string of the molecule is Cn1nccc1/C=C/C(=O)N1CCC[C@H](Cc2cc(Nc3ccccn3)ncn2)C1. The molecule has 0 aliphatic carbocycles. The smallest absolute Gasteiger partial charge is 0.246 e. The van der Waals surface area contributed by atoms with Crippen LogP contribution in [0.15, 0.2) is 55.1 Å². The molecule has 8 heteroatoms. The summed E-state index contributed by atoms with van der Waals surface area (Å²) in [5.74, 6) is 1.89. The lowest BCUT2D eigenvalue weighted by Crippen LogP contribution is -2.39. The fourth-order valence-corrected chi connectivity index (χ4v) is 3.68. The van der Waals surface area contributed by atoms with Crippen molar-refractivity contribution in [3.63, 3.8) is 0 Å². The summed E-state index contributed by atoms with van der Waals surface area (Å²) < 4.78 is 1.74. The molecule has 1 fully saturated rings. The van der Waals surface area contributed by atoms with E-state index in [2.05, 4.69) is 25.4 Å². The van der Waals surface area contributed by atoms with Crippen LogP contribution in [0, 0.1) is 5.92 Å². The first-order valence-electron chi connectivity index (χ1n) is 10.1. The van der Waals surface area contributed by atoms with Crippen LogP contribution in [0.5, 0.6) is 0 Å². The fraction of sp³-hybridized carbons (Fsp3) is 0.318. The summed E-state index contributed by atoms with van der Waals surface area (Å²) >= 11 is 0. The Hall–Kier alpha value is -3.55. The number of rotatable bonds is 6. The van der Waals surface area contributed by atoms with Crippen LogP contribution in [0.1, 0.15) is 24.2 Å². The molecule has 0 bridgehead atoms. The number of amides is 1. The zero-order chi connectivity index (χ0) is 20.8. The minimum Gasteiger partial charge on any atom is -0.339 e. The van der Waals surface area contributed by atoms with Crippen molar-refractivity contribution in [2.75, 3.05) is 18.4 Å². The standard InChI is InChI=1S/C22H25N7O/c1-28-19(9-11-26-28)7-8-22(30)29-12-4-5-17(15-29)13-18-14-21(25-16-24-18)27-20-6-2-3-10-23-20/h2-3,6-11,14,16-17H,4-5,12-13,15H2,1H3,(H,23,24,25,27)/b8-7+/t17-/m1/s1. The van der Waals surface area contributed by atoms with Crippen molar-refractivity contribution in [1.82, 2.24) is 29.6 Å². The number of nitrogens with one attached hydrogen (secondary N) is 1.